The predicted octanol–water partition coefficient (Wildman–Crippen LogP) is -0.345. The van der Waals surface area contributed by atoms with Gasteiger partial charge in [0.05, 0.1) is 6.67 Å². The first kappa shape index (κ1) is 28.3. The van der Waals surface area contributed by atoms with Crippen molar-refractivity contribution in [1.29, 1.82) is 0 Å². The molecule has 0 unspecified atom stereocenters. The monoisotopic (exact) mass is 450 g/mol. The molecule has 0 saturated heterocycles. The van der Waals surface area contributed by atoms with Crippen LogP contribution in [0.25, 0.3) is 0 Å². The van der Waals surface area contributed by atoms with E-state index in [1.807, 2.05) is 0 Å². The van der Waals surface area contributed by atoms with Crippen LogP contribution in [0, 0.1) is 0 Å². The van der Waals surface area contributed by atoms with E-state index < -0.39 is 17.2 Å². The Morgan fingerprint density at radius 1 is 0.781 bits per heavy atom. The van der Waals surface area contributed by atoms with Crippen LogP contribution in [0.15, 0.2) is 42.7 Å². The minimum Gasteiger partial charge on any atom is -0.420 e. The van der Waals surface area contributed by atoms with Crippen LogP contribution in [-0.4, -0.2) is 43.6 Å². The zero-order valence-corrected chi connectivity index (χ0v) is 18.1. The summed E-state index contributed by atoms with van der Waals surface area (Å²) in [5.41, 5.74) is 8.20. The summed E-state index contributed by atoms with van der Waals surface area (Å²) in [5.74, 6) is -1.74. The van der Waals surface area contributed by atoms with E-state index in [-0.39, 0.29) is 53.3 Å². The van der Waals surface area contributed by atoms with E-state index in [0.29, 0.717) is 0 Å². The van der Waals surface area contributed by atoms with Crippen LogP contribution in [0.4, 0.5) is 0 Å². The zero-order chi connectivity index (χ0) is 24.8. The van der Waals surface area contributed by atoms with Crippen molar-refractivity contribution in [3.63, 3.8) is 0 Å². The van der Waals surface area contributed by atoms with Gasteiger partial charge in [0.2, 0.25) is 0 Å². The van der Waals surface area contributed by atoms with E-state index in [0.717, 1.165) is 12.1 Å². The Bertz CT molecular complexity index is 1040. The third-order valence-electron chi connectivity index (χ3n) is 3.35. The SMILES string of the molecule is CC(=O)c1cc(C(C)=O)oc(=O)c1.CNCNC(=O)c1cc(C(C)=O)cc(=O)o1.NCN. The van der Waals surface area contributed by atoms with E-state index in [1.165, 1.54) is 32.9 Å². The van der Waals surface area contributed by atoms with Crippen LogP contribution >= 0.6 is 0 Å². The maximum Gasteiger partial charge on any atom is 0.337 e. The van der Waals surface area contributed by atoms with Crippen molar-refractivity contribution in [3.8, 4) is 0 Å². The number of nitrogens with two attached hydrogens (primary N) is 2. The number of ketones is 3. The van der Waals surface area contributed by atoms with E-state index >= 15 is 0 Å². The maximum absolute atomic E-state index is 11.4. The van der Waals surface area contributed by atoms with Crippen LogP contribution in [0.1, 0.15) is 62.6 Å². The molecule has 2 heterocycles. The molecule has 174 valence electrons. The van der Waals surface area contributed by atoms with Gasteiger partial charge in [0.15, 0.2) is 28.9 Å². The lowest BCUT2D eigenvalue weighted by atomic mass is 10.1. The van der Waals surface area contributed by atoms with Gasteiger partial charge in [-0.3, -0.25) is 19.2 Å². The van der Waals surface area contributed by atoms with Crippen molar-refractivity contribution in [2.75, 3.05) is 20.4 Å². The molecule has 0 aliphatic heterocycles. The lowest BCUT2D eigenvalue weighted by Gasteiger charge is -2.03. The van der Waals surface area contributed by atoms with E-state index in [9.17, 15) is 28.8 Å². The van der Waals surface area contributed by atoms with E-state index in [1.54, 1.807) is 7.05 Å². The predicted molar refractivity (Wildman–Crippen MR) is 115 cm³/mol. The van der Waals surface area contributed by atoms with Gasteiger partial charge >= 0.3 is 11.3 Å². The van der Waals surface area contributed by atoms with Gasteiger partial charge in [-0.15, -0.1) is 0 Å². The van der Waals surface area contributed by atoms with Gasteiger partial charge in [-0.2, -0.15) is 0 Å². The molecule has 12 heteroatoms. The molecule has 6 N–H and O–H groups in total. The van der Waals surface area contributed by atoms with Crippen LogP contribution in [-0.2, 0) is 0 Å². The molecule has 0 bridgehead atoms. The fourth-order valence-electron chi connectivity index (χ4n) is 1.90. The van der Waals surface area contributed by atoms with Gasteiger partial charge in [0, 0.05) is 36.9 Å². The molecule has 0 saturated carbocycles. The molecule has 1 amide bonds. The molecule has 2 aromatic rings. The topological polar surface area (TPSA) is 205 Å². The second-order valence-electron chi connectivity index (χ2n) is 6.00. The van der Waals surface area contributed by atoms with Gasteiger partial charge in [0.25, 0.3) is 5.91 Å². The highest BCUT2D eigenvalue weighted by atomic mass is 16.4. The Balaban J connectivity index is 0.000000543. The van der Waals surface area contributed by atoms with E-state index in [2.05, 4.69) is 30.9 Å². The molecule has 0 fully saturated rings. The summed E-state index contributed by atoms with van der Waals surface area (Å²) < 4.78 is 9.25. The number of hydrogen-bond acceptors (Lipinski definition) is 11. The van der Waals surface area contributed by atoms with E-state index in [4.69, 9.17) is 0 Å². The van der Waals surface area contributed by atoms with Crippen LogP contribution in [0.5, 0.6) is 0 Å². The molecule has 0 radical (unpaired) electrons. The summed E-state index contributed by atoms with van der Waals surface area (Å²) in [7, 11) is 1.66. The van der Waals surface area contributed by atoms with Gasteiger partial charge in [-0.05, 0) is 33.0 Å². The number of rotatable bonds is 6. The highest BCUT2D eigenvalue weighted by Gasteiger charge is 2.12. The third kappa shape index (κ3) is 10.3. The molecule has 0 atom stereocenters. The average Bonchev–Trinajstić information content (AvgIpc) is 2.72. The van der Waals surface area contributed by atoms with Gasteiger partial charge < -0.3 is 30.9 Å². The Labute approximate surface area is 183 Å². The summed E-state index contributed by atoms with van der Waals surface area (Å²) in [6, 6.07) is 4.63. The summed E-state index contributed by atoms with van der Waals surface area (Å²) in [4.78, 5) is 66.1. The number of hydrogen-bond donors (Lipinski definition) is 4. The molecular weight excluding hydrogens is 424 g/mol. The quantitative estimate of drug-likeness (QED) is 0.331. The van der Waals surface area contributed by atoms with Crippen molar-refractivity contribution in [3.05, 3.63) is 67.8 Å². The first-order valence-corrected chi connectivity index (χ1v) is 9.12. The molecule has 0 aliphatic rings. The normalized spacial score (nSPS) is 9.44. The van der Waals surface area contributed by atoms with Crippen LogP contribution in [0.3, 0.4) is 0 Å². The number of nitrogens with one attached hydrogen (secondary N) is 2. The molecule has 0 aliphatic carbocycles. The smallest absolute Gasteiger partial charge is 0.337 e. The Kier molecular flexibility index (Phi) is 12.6. The van der Waals surface area contributed by atoms with Gasteiger partial charge in [-0.1, -0.05) is 0 Å². The second-order valence-corrected chi connectivity index (χ2v) is 6.00. The highest BCUT2D eigenvalue weighted by molar-refractivity contribution is 5.98. The fourth-order valence-corrected chi connectivity index (χ4v) is 1.90. The summed E-state index contributed by atoms with van der Waals surface area (Å²) in [6.07, 6.45) is 0. The van der Waals surface area contributed by atoms with Crippen molar-refractivity contribution < 1.29 is 28.0 Å². The maximum atomic E-state index is 11.4. The summed E-state index contributed by atoms with van der Waals surface area (Å²) in [6.45, 7) is 4.39. The van der Waals surface area contributed by atoms with Crippen LogP contribution < -0.4 is 33.4 Å². The van der Waals surface area contributed by atoms with Crippen LogP contribution in [0.2, 0.25) is 0 Å². The molecule has 2 rings (SSSR count). The minimum atomic E-state index is -0.720. The first-order valence-electron chi connectivity index (χ1n) is 9.12. The first-order chi connectivity index (χ1) is 15.0. The van der Waals surface area contributed by atoms with Crippen molar-refractivity contribution >= 4 is 23.3 Å². The number of carbonyl (C=O) groups is 4. The van der Waals surface area contributed by atoms with Crippen molar-refractivity contribution in [1.82, 2.24) is 10.6 Å². The standard InChI is InChI=1S/C10H12N2O4.C9H8O4.CH6N2/c1-6(13)7-3-8(16-9(14)4-7)10(15)12-5-11-2;1-5(10)7-3-8(6(2)11)13-9(12)4-7;2-1-3/h3-4,11H,5H2,1-2H3,(H,12,15);3-4H,1-2H3;1-3H2. The fraction of sp³-hybridized carbons (Fsp3) is 0.300. The van der Waals surface area contributed by atoms with Gasteiger partial charge in [-0.25, -0.2) is 9.59 Å². The molecule has 0 aromatic carbocycles. The molecule has 0 spiro atoms. The summed E-state index contributed by atoms with van der Waals surface area (Å²) in [5, 5.41) is 5.15. The zero-order valence-electron chi connectivity index (χ0n) is 18.1. The number of carbonyl (C=O) groups excluding carboxylic acids is 4. The number of amides is 1. The molecule has 32 heavy (non-hydrogen) atoms. The lowest BCUT2D eigenvalue weighted by Crippen LogP contribution is -2.32. The Hall–Kier alpha value is -3.74. The molecule has 12 nitrogen and oxygen atoms in total. The lowest BCUT2D eigenvalue weighted by molar-refractivity contribution is 0.0917. The van der Waals surface area contributed by atoms with Crippen molar-refractivity contribution in [2.45, 2.75) is 20.8 Å². The van der Waals surface area contributed by atoms with Gasteiger partial charge in [0.1, 0.15) is 0 Å². The Morgan fingerprint density at radius 3 is 1.56 bits per heavy atom. The number of Topliss-reactive ketones (excluding diaryl/α,β-unsaturated/α-hetero) is 3. The second kappa shape index (κ2) is 14.3. The molecule has 2 aromatic heterocycles. The van der Waals surface area contributed by atoms with Crippen molar-refractivity contribution in [2.24, 2.45) is 11.5 Å². The molecular formula is C20H26N4O8. The average molecular weight is 450 g/mol. The minimum absolute atomic E-state index is 0.0855. The third-order valence-corrected chi connectivity index (χ3v) is 3.35. The largest absolute Gasteiger partial charge is 0.420 e. The highest BCUT2D eigenvalue weighted by Crippen LogP contribution is 2.03. The Morgan fingerprint density at radius 2 is 1.19 bits per heavy atom. The summed E-state index contributed by atoms with van der Waals surface area (Å²) >= 11 is 0.